The molecule has 6 nitrogen and oxygen atoms in total. The summed E-state index contributed by atoms with van der Waals surface area (Å²) in [6, 6.07) is 10.7. The summed E-state index contributed by atoms with van der Waals surface area (Å²) in [6.45, 7) is 4.85. The second-order valence-corrected chi connectivity index (χ2v) is 6.14. The van der Waals surface area contributed by atoms with Crippen molar-refractivity contribution in [3.63, 3.8) is 0 Å². The average Bonchev–Trinajstić information content (AvgIpc) is 2.95. The molecule has 26 heavy (non-hydrogen) atoms. The molecule has 6 heteroatoms. The summed E-state index contributed by atoms with van der Waals surface area (Å²) in [7, 11) is 0. The van der Waals surface area contributed by atoms with Crippen LogP contribution < -0.4 is 4.74 Å². The highest BCUT2D eigenvalue weighted by Crippen LogP contribution is 2.15. The van der Waals surface area contributed by atoms with Crippen molar-refractivity contribution in [3.8, 4) is 5.75 Å². The Balaban J connectivity index is 1.62. The molecule has 0 spiro atoms. The zero-order valence-electron chi connectivity index (χ0n) is 14.9. The highest BCUT2D eigenvalue weighted by molar-refractivity contribution is 5.95. The van der Waals surface area contributed by atoms with Crippen molar-refractivity contribution in [1.82, 2.24) is 14.8 Å². The van der Waals surface area contributed by atoms with Crippen LogP contribution in [0.4, 0.5) is 0 Å². The molecule has 0 unspecified atom stereocenters. The Morgan fingerprint density at radius 2 is 1.62 bits per heavy atom. The standard InChI is InChI=1S/C20H23N3O3/c1-2-26-18-8-6-16(7-9-18)19(24)22-11-4-12-23(14-13-22)20(25)17-5-3-10-21-15-17/h3,5-10,15H,2,4,11-14H2,1H3. The third-order valence-electron chi connectivity index (χ3n) is 4.39. The van der Waals surface area contributed by atoms with Gasteiger partial charge in [-0.15, -0.1) is 0 Å². The Hall–Kier alpha value is -2.89. The van der Waals surface area contributed by atoms with Gasteiger partial charge in [0.15, 0.2) is 0 Å². The second-order valence-electron chi connectivity index (χ2n) is 6.14. The van der Waals surface area contributed by atoms with Crippen molar-refractivity contribution in [2.75, 3.05) is 32.8 Å². The molecular weight excluding hydrogens is 330 g/mol. The molecule has 1 saturated heterocycles. The number of hydrogen-bond acceptors (Lipinski definition) is 4. The molecule has 0 aliphatic carbocycles. The van der Waals surface area contributed by atoms with Crippen LogP contribution in [0.15, 0.2) is 48.8 Å². The van der Waals surface area contributed by atoms with Crippen LogP contribution in [0, 0.1) is 0 Å². The first kappa shape index (κ1) is 17.9. The predicted octanol–water partition coefficient (Wildman–Crippen LogP) is 2.47. The van der Waals surface area contributed by atoms with Gasteiger partial charge < -0.3 is 14.5 Å². The van der Waals surface area contributed by atoms with Crippen molar-refractivity contribution in [1.29, 1.82) is 0 Å². The summed E-state index contributed by atoms with van der Waals surface area (Å²) >= 11 is 0. The number of carbonyl (C=O) groups excluding carboxylic acids is 2. The number of pyridine rings is 1. The van der Waals surface area contributed by atoms with Crippen molar-refractivity contribution >= 4 is 11.8 Å². The summed E-state index contributed by atoms with van der Waals surface area (Å²) in [5, 5.41) is 0. The zero-order valence-corrected chi connectivity index (χ0v) is 14.9. The zero-order chi connectivity index (χ0) is 18.4. The van der Waals surface area contributed by atoms with Gasteiger partial charge in [-0.05, 0) is 49.7 Å². The Kier molecular flexibility index (Phi) is 5.84. The highest BCUT2D eigenvalue weighted by atomic mass is 16.5. The van der Waals surface area contributed by atoms with Crippen molar-refractivity contribution in [2.24, 2.45) is 0 Å². The fraction of sp³-hybridized carbons (Fsp3) is 0.350. The van der Waals surface area contributed by atoms with Crippen molar-refractivity contribution < 1.29 is 14.3 Å². The molecule has 0 bridgehead atoms. The average molecular weight is 353 g/mol. The Morgan fingerprint density at radius 3 is 2.19 bits per heavy atom. The van der Waals surface area contributed by atoms with Crippen molar-refractivity contribution in [3.05, 3.63) is 59.9 Å². The van der Waals surface area contributed by atoms with E-state index in [9.17, 15) is 9.59 Å². The molecule has 136 valence electrons. The van der Waals surface area contributed by atoms with Crippen LogP contribution in [0.2, 0.25) is 0 Å². The van der Waals surface area contributed by atoms with Gasteiger partial charge in [0.05, 0.1) is 12.2 Å². The van der Waals surface area contributed by atoms with Gasteiger partial charge in [0.25, 0.3) is 11.8 Å². The molecule has 1 aliphatic heterocycles. The van der Waals surface area contributed by atoms with Gasteiger partial charge in [0, 0.05) is 44.1 Å². The summed E-state index contributed by atoms with van der Waals surface area (Å²) < 4.78 is 5.41. The van der Waals surface area contributed by atoms with Gasteiger partial charge in [-0.2, -0.15) is 0 Å². The Morgan fingerprint density at radius 1 is 0.962 bits per heavy atom. The van der Waals surface area contributed by atoms with Crippen LogP contribution in [-0.2, 0) is 0 Å². The normalized spacial score (nSPS) is 14.7. The van der Waals surface area contributed by atoms with E-state index in [-0.39, 0.29) is 11.8 Å². The molecule has 3 rings (SSSR count). The lowest BCUT2D eigenvalue weighted by molar-refractivity contribution is 0.0718. The molecule has 0 N–H and O–H groups in total. The molecule has 1 aromatic carbocycles. The third-order valence-corrected chi connectivity index (χ3v) is 4.39. The van der Waals surface area contributed by atoms with Gasteiger partial charge in [-0.1, -0.05) is 0 Å². The van der Waals surface area contributed by atoms with Gasteiger partial charge in [-0.25, -0.2) is 0 Å². The van der Waals surface area contributed by atoms with Crippen LogP contribution in [0.3, 0.4) is 0 Å². The number of benzene rings is 1. The van der Waals surface area contributed by atoms with E-state index in [1.807, 2.05) is 24.0 Å². The molecule has 0 atom stereocenters. The maximum absolute atomic E-state index is 12.7. The largest absolute Gasteiger partial charge is 0.494 e. The van der Waals surface area contributed by atoms with E-state index < -0.39 is 0 Å². The van der Waals surface area contributed by atoms with Gasteiger partial charge in [0.2, 0.25) is 0 Å². The van der Waals surface area contributed by atoms with E-state index in [0.717, 1.165) is 12.2 Å². The number of nitrogens with zero attached hydrogens (tertiary/aromatic N) is 3. The van der Waals surface area contributed by atoms with Gasteiger partial charge in [-0.3, -0.25) is 14.6 Å². The van der Waals surface area contributed by atoms with E-state index in [4.69, 9.17) is 4.74 Å². The van der Waals surface area contributed by atoms with E-state index in [0.29, 0.717) is 43.9 Å². The monoisotopic (exact) mass is 353 g/mol. The van der Waals surface area contributed by atoms with Crippen LogP contribution in [0.1, 0.15) is 34.1 Å². The summed E-state index contributed by atoms with van der Waals surface area (Å²) in [5.74, 6) is 0.713. The van der Waals surface area contributed by atoms with E-state index >= 15 is 0 Å². The summed E-state index contributed by atoms with van der Waals surface area (Å²) in [4.78, 5) is 32.9. The van der Waals surface area contributed by atoms with Gasteiger partial charge in [0.1, 0.15) is 5.75 Å². The van der Waals surface area contributed by atoms with E-state index in [1.165, 1.54) is 0 Å². The number of amides is 2. The second kappa shape index (κ2) is 8.47. The molecular formula is C20H23N3O3. The topological polar surface area (TPSA) is 62.7 Å². The molecule has 0 saturated carbocycles. The fourth-order valence-electron chi connectivity index (χ4n) is 3.04. The number of aromatic nitrogens is 1. The molecule has 1 aromatic heterocycles. The minimum Gasteiger partial charge on any atom is -0.494 e. The molecule has 0 radical (unpaired) electrons. The molecule has 2 heterocycles. The van der Waals surface area contributed by atoms with Crippen molar-refractivity contribution in [2.45, 2.75) is 13.3 Å². The first-order valence-corrected chi connectivity index (χ1v) is 8.90. The predicted molar refractivity (Wildman–Crippen MR) is 98.3 cm³/mol. The highest BCUT2D eigenvalue weighted by Gasteiger charge is 2.23. The maximum Gasteiger partial charge on any atom is 0.255 e. The maximum atomic E-state index is 12.7. The lowest BCUT2D eigenvalue weighted by Crippen LogP contribution is -2.37. The number of rotatable bonds is 4. The molecule has 1 aliphatic rings. The number of carbonyl (C=O) groups is 2. The van der Waals surface area contributed by atoms with Crippen LogP contribution in [0.25, 0.3) is 0 Å². The molecule has 2 aromatic rings. The van der Waals surface area contributed by atoms with Gasteiger partial charge >= 0.3 is 0 Å². The van der Waals surface area contributed by atoms with E-state index in [1.54, 1.807) is 41.6 Å². The van der Waals surface area contributed by atoms with Crippen LogP contribution >= 0.6 is 0 Å². The SMILES string of the molecule is CCOc1ccc(C(=O)N2CCCN(C(=O)c3cccnc3)CC2)cc1. The van der Waals surface area contributed by atoms with Crippen LogP contribution in [-0.4, -0.2) is 59.4 Å². The fourth-order valence-corrected chi connectivity index (χ4v) is 3.04. The Labute approximate surface area is 153 Å². The minimum atomic E-state index is -0.0338. The third kappa shape index (κ3) is 4.20. The van der Waals surface area contributed by atoms with E-state index in [2.05, 4.69) is 4.98 Å². The summed E-state index contributed by atoms with van der Waals surface area (Å²) in [6.07, 6.45) is 3.99. The molecule has 2 amide bonds. The molecule has 1 fully saturated rings. The van der Waals surface area contributed by atoms with Crippen LogP contribution in [0.5, 0.6) is 5.75 Å². The lowest BCUT2D eigenvalue weighted by Gasteiger charge is -2.22. The first-order valence-electron chi connectivity index (χ1n) is 8.90. The Bertz CT molecular complexity index is 747. The lowest BCUT2D eigenvalue weighted by atomic mass is 10.2. The number of ether oxygens (including phenoxy) is 1. The first-order chi connectivity index (χ1) is 12.7. The number of hydrogen-bond donors (Lipinski definition) is 0. The summed E-state index contributed by atoms with van der Waals surface area (Å²) in [5.41, 5.74) is 1.22. The smallest absolute Gasteiger partial charge is 0.255 e. The quantitative estimate of drug-likeness (QED) is 0.847. The minimum absolute atomic E-state index is 0.0104.